The number of fused-ring (bicyclic) bond motifs is 1. The van der Waals surface area contributed by atoms with Gasteiger partial charge in [-0.2, -0.15) is 0 Å². The number of hydrogen-bond acceptors (Lipinski definition) is 4. The lowest BCUT2D eigenvalue weighted by molar-refractivity contribution is -0.139. The number of rotatable bonds is 7. The molecule has 0 bridgehead atoms. The van der Waals surface area contributed by atoms with Crippen molar-refractivity contribution in [1.82, 2.24) is 5.32 Å². The lowest BCUT2D eigenvalue weighted by Crippen LogP contribution is -2.35. The summed E-state index contributed by atoms with van der Waals surface area (Å²) in [6, 6.07) is 14.4. The summed E-state index contributed by atoms with van der Waals surface area (Å²) in [6.07, 6.45) is 0.754. The van der Waals surface area contributed by atoms with Crippen LogP contribution in [0.4, 0.5) is 5.69 Å². The van der Waals surface area contributed by atoms with Gasteiger partial charge in [-0.1, -0.05) is 30.3 Å². The van der Waals surface area contributed by atoms with Gasteiger partial charge in [-0.05, 0) is 35.7 Å². The Morgan fingerprint density at radius 2 is 1.89 bits per heavy atom. The van der Waals surface area contributed by atoms with Crippen molar-refractivity contribution in [3.63, 3.8) is 0 Å². The highest BCUT2D eigenvalue weighted by Crippen LogP contribution is 2.31. The van der Waals surface area contributed by atoms with E-state index in [0.717, 1.165) is 11.1 Å². The van der Waals surface area contributed by atoms with Crippen molar-refractivity contribution < 1.29 is 24.2 Å². The molecule has 2 aromatic carbocycles. The molecule has 7 heteroatoms. The number of hydrogen-bond donors (Lipinski definition) is 3. The molecule has 0 saturated heterocycles. The first kappa shape index (κ1) is 18.4. The first-order valence-electron chi connectivity index (χ1n) is 8.63. The average molecular weight is 368 g/mol. The lowest BCUT2D eigenvalue weighted by atomic mass is 9.90. The molecule has 0 spiro atoms. The number of amides is 2. The quantitative estimate of drug-likeness (QED) is 0.693. The van der Waals surface area contributed by atoms with E-state index in [2.05, 4.69) is 10.6 Å². The smallest absolute Gasteiger partial charge is 0.341 e. The number of carboxylic acids is 1. The molecule has 7 nitrogen and oxygen atoms in total. The average Bonchev–Trinajstić information content (AvgIpc) is 2.66. The van der Waals surface area contributed by atoms with Crippen LogP contribution in [0.15, 0.2) is 48.5 Å². The van der Waals surface area contributed by atoms with Crippen molar-refractivity contribution in [3.05, 3.63) is 59.7 Å². The zero-order valence-electron chi connectivity index (χ0n) is 14.6. The van der Waals surface area contributed by atoms with Crippen LogP contribution in [0.1, 0.15) is 23.5 Å². The maximum absolute atomic E-state index is 12.5. The molecule has 0 radical (unpaired) electrons. The van der Waals surface area contributed by atoms with Crippen molar-refractivity contribution in [2.75, 3.05) is 18.5 Å². The molecule has 1 heterocycles. The number of carbonyl (C=O) groups is 3. The van der Waals surface area contributed by atoms with Crippen LogP contribution in [0, 0.1) is 0 Å². The monoisotopic (exact) mass is 368 g/mol. The van der Waals surface area contributed by atoms with E-state index in [0.29, 0.717) is 24.4 Å². The molecular weight excluding hydrogens is 348 g/mol. The lowest BCUT2D eigenvalue weighted by Gasteiger charge is -2.24. The standard InChI is InChI=1S/C20H20N2O5/c23-18-11-16(15-3-1-2-4-17(15)22-18)20(26)21-10-9-13-5-7-14(8-6-13)27-12-19(24)25/h1-8,16H,9-12H2,(H,21,26)(H,22,23)(H,24,25)/t16-/m0/s1. The van der Waals surface area contributed by atoms with Crippen molar-refractivity contribution in [2.24, 2.45) is 0 Å². The Bertz CT molecular complexity index is 848. The number of anilines is 1. The molecule has 2 aromatic rings. The first-order chi connectivity index (χ1) is 13.0. The molecule has 3 N–H and O–H groups in total. The minimum Gasteiger partial charge on any atom is -0.482 e. The van der Waals surface area contributed by atoms with E-state index in [4.69, 9.17) is 9.84 Å². The normalized spacial score (nSPS) is 15.4. The highest BCUT2D eigenvalue weighted by Gasteiger charge is 2.30. The molecule has 0 aromatic heterocycles. The fourth-order valence-electron chi connectivity index (χ4n) is 3.00. The van der Waals surface area contributed by atoms with Crippen LogP contribution >= 0.6 is 0 Å². The molecule has 27 heavy (non-hydrogen) atoms. The largest absolute Gasteiger partial charge is 0.482 e. The number of carboxylic acid groups (broad SMARTS) is 1. The van der Waals surface area contributed by atoms with Gasteiger partial charge in [0, 0.05) is 18.7 Å². The van der Waals surface area contributed by atoms with Crippen LogP contribution in [-0.2, 0) is 20.8 Å². The second-order valence-electron chi connectivity index (χ2n) is 6.26. The molecule has 0 unspecified atom stereocenters. The van der Waals surface area contributed by atoms with Crippen molar-refractivity contribution in [2.45, 2.75) is 18.8 Å². The van der Waals surface area contributed by atoms with Crippen LogP contribution in [0.5, 0.6) is 5.75 Å². The predicted octanol–water partition coefficient (Wildman–Crippen LogP) is 1.93. The van der Waals surface area contributed by atoms with E-state index in [9.17, 15) is 14.4 Å². The minimum atomic E-state index is -1.03. The van der Waals surface area contributed by atoms with Crippen molar-refractivity contribution >= 4 is 23.5 Å². The highest BCUT2D eigenvalue weighted by molar-refractivity contribution is 6.01. The topological polar surface area (TPSA) is 105 Å². The molecule has 1 aliphatic rings. The fraction of sp³-hybridized carbons (Fsp3) is 0.250. The second-order valence-corrected chi connectivity index (χ2v) is 6.26. The van der Waals surface area contributed by atoms with Gasteiger partial charge in [0.05, 0.1) is 5.92 Å². The second kappa shape index (κ2) is 8.35. The number of ether oxygens (including phenoxy) is 1. The van der Waals surface area contributed by atoms with E-state index < -0.39 is 11.9 Å². The summed E-state index contributed by atoms with van der Waals surface area (Å²) in [5.41, 5.74) is 2.50. The van der Waals surface area contributed by atoms with Crippen LogP contribution in [0.25, 0.3) is 0 Å². The van der Waals surface area contributed by atoms with Crippen LogP contribution in [0.3, 0.4) is 0 Å². The zero-order valence-corrected chi connectivity index (χ0v) is 14.6. The van der Waals surface area contributed by atoms with Gasteiger partial charge >= 0.3 is 5.97 Å². The number of carbonyl (C=O) groups excluding carboxylic acids is 2. The maximum Gasteiger partial charge on any atom is 0.341 e. The number of benzene rings is 2. The predicted molar refractivity (Wildman–Crippen MR) is 98.7 cm³/mol. The summed E-state index contributed by atoms with van der Waals surface area (Å²) in [5, 5.41) is 14.3. The molecule has 140 valence electrons. The van der Waals surface area contributed by atoms with Crippen molar-refractivity contribution in [1.29, 1.82) is 0 Å². The molecule has 0 saturated carbocycles. The van der Waals surface area contributed by atoms with Crippen LogP contribution < -0.4 is 15.4 Å². The highest BCUT2D eigenvalue weighted by atomic mass is 16.5. The van der Waals surface area contributed by atoms with Gasteiger partial charge in [0.2, 0.25) is 11.8 Å². The van der Waals surface area contributed by atoms with E-state index in [1.54, 1.807) is 18.2 Å². The number of nitrogens with one attached hydrogen (secondary N) is 2. The molecule has 0 fully saturated rings. The van der Waals surface area contributed by atoms with E-state index in [-0.39, 0.29) is 24.8 Å². The molecule has 1 atom stereocenters. The third-order valence-corrected chi connectivity index (χ3v) is 4.31. The van der Waals surface area contributed by atoms with Gasteiger partial charge in [-0.15, -0.1) is 0 Å². The van der Waals surface area contributed by atoms with Gasteiger partial charge in [-0.3, -0.25) is 9.59 Å². The summed E-state index contributed by atoms with van der Waals surface area (Å²) in [6.45, 7) is 0.0558. The first-order valence-corrected chi connectivity index (χ1v) is 8.63. The Kier molecular flexibility index (Phi) is 5.71. The zero-order chi connectivity index (χ0) is 19.2. The Labute approximate surface area is 156 Å². The van der Waals surface area contributed by atoms with E-state index >= 15 is 0 Å². The molecule has 1 aliphatic heterocycles. The summed E-state index contributed by atoms with van der Waals surface area (Å²) >= 11 is 0. The third kappa shape index (κ3) is 4.84. The molecule has 0 aliphatic carbocycles. The number of para-hydroxylation sites is 1. The number of aliphatic carboxylic acids is 1. The Morgan fingerprint density at radius 1 is 1.15 bits per heavy atom. The van der Waals surface area contributed by atoms with Gasteiger partial charge in [0.15, 0.2) is 6.61 Å². The van der Waals surface area contributed by atoms with E-state index in [1.807, 2.05) is 30.3 Å². The maximum atomic E-state index is 12.5. The molecule has 3 rings (SSSR count). The third-order valence-electron chi connectivity index (χ3n) is 4.31. The van der Waals surface area contributed by atoms with E-state index in [1.165, 1.54) is 0 Å². The van der Waals surface area contributed by atoms with Crippen molar-refractivity contribution in [3.8, 4) is 5.75 Å². The Balaban J connectivity index is 1.53. The van der Waals surface area contributed by atoms with Gasteiger partial charge in [0.1, 0.15) is 5.75 Å². The Hall–Kier alpha value is -3.35. The SMILES string of the molecule is O=C(O)COc1ccc(CCNC(=O)[C@H]2CC(=O)Nc3ccccc32)cc1. The van der Waals surface area contributed by atoms with Gasteiger partial charge < -0.3 is 20.5 Å². The minimum absolute atomic E-state index is 0.137. The molecular formula is C20H20N2O5. The van der Waals surface area contributed by atoms with Crippen LogP contribution in [0.2, 0.25) is 0 Å². The van der Waals surface area contributed by atoms with Crippen LogP contribution in [-0.4, -0.2) is 36.0 Å². The summed E-state index contributed by atoms with van der Waals surface area (Å²) in [7, 11) is 0. The van der Waals surface area contributed by atoms with Gasteiger partial charge in [-0.25, -0.2) is 4.79 Å². The van der Waals surface area contributed by atoms with Gasteiger partial charge in [0.25, 0.3) is 0 Å². The fourth-order valence-corrected chi connectivity index (χ4v) is 3.00. The summed E-state index contributed by atoms with van der Waals surface area (Å²) in [5.74, 6) is -1.36. The Morgan fingerprint density at radius 3 is 2.63 bits per heavy atom. The molecule has 2 amide bonds. The summed E-state index contributed by atoms with van der Waals surface area (Å²) < 4.78 is 5.08. The summed E-state index contributed by atoms with van der Waals surface area (Å²) in [4.78, 5) is 34.8.